The fraction of sp³-hybridized carbons (Fsp3) is 0.800. The van der Waals surface area contributed by atoms with Crippen LogP contribution >= 0.6 is 12.2 Å². The minimum Gasteiger partial charge on any atom is -0.375 e. The Bertz CT molecular complexity index is 76.0. The highest BCUT2D eigenvalue weighted by molar-refractivity contribution is 7.80. The molecule has 0 aliphatic carbocycles. The summed E-state index contributed by atoms with van der Waals surface area (Å²) in [6.07, 6.45) is 0. The van der Waals surface area contributed by atoms with Crippen molar-refractivity contribution in [3.05, 3.63) is 0 Å². The van der Waals surface area contributed by atoms with Gasteiger partial charge in [-0.2, -0.15) is 0 Å². The molecule has 0 saturated carbocycles. The van der Waals surface area contributed by atoms with E-state index >= 15 is 0 Å². The Labute approximate surface area is 67.5 Å². The Balaban J connectivity index is 0. The molecule has 0 aliphatic rings. The summed E-state index contributed by atoms with van der Waals surface area (Å²) < 4.78 is 0. The van der Waals surface area contributed by atoms with E-state index in [1.807, 2.05) is 21.0 Å². The molecule has 0 unspecified atom stereocenters. The summed E-state index contributed by atoms with van der Waals surface area (Å²) in [6.45, 7) is 2.77. The van der Waals surface area contributed by atoms with Gasteiger partial charge in [0.05, 0.1) is 0 Å². The summed E-state index contributed by atoms with van der Waals surface area (Å²) in [7, 11) is 3.75. The van der Waals surface area contributed by atoms with E-state index in [4.69, 9.17) is 5.73 Å². The molecular weight excluding hydrogens is 148 g/mol. The molecule has 0 aromatic rings. The van der Waals surface area contributed by atoms with Gasteiger partial charge in [0.2, 0.25) is 0 Å². The van der Waals surface area contributed by atoms with Gasteiger partial charge in [-0.05, 0) is 26.3 Å². The van der Waals surface area contributed by atoms with Crippen LogP contribution in [0.1, 0.15) is 6.92 Å². The average Bonchev–Trinajstić information content (AvgIpc) is 1.85. The molecule has 0 saturated heterocycles. The first-order chi connectivity index (χ1) is 4.68. The first-order valence-electron chi connectivity index (χ1n) is 3.05. The molecule has 0 aromatic heterocycles. The summed E-state index contributed by atoms with van der Waals surface area (Å²) >= 11 is 4.47. The van der Waals surface area contributed by atoms with Crippen molar-refractivity contribution < 1.29 is 0 Å². The predicted molar refractivity (Wildman–Crippen MR) is 48.6 cm³/mol. The van der Waals surface area contributed by atoms with Gasteiger partial charge in [0.15, 0.2) is 5.11 Å². The van der Waals surface area contributed by atoms with Gasteiger partial charge in [0.1, 0.15) is 0 Å². The van der Waals surface area contributed by atoms with Crippen molar-refractivity contribution in [3.8, 4) is 0 Å². The topological polar surface area (TPSA) is 62.1 Å². The zero-order valence-corrected chi connectivity index (χ0v) is 7.51. The van der Waals surface area contributed by atoms with Crippen molar-refractivity contribution in [3.63, 3.8) is 0 Å². The number of hydrogen-bond acceptors (Lipinski definition) is 3. The molecule has 0 atom stereocenters. The fourth-order valence-electron chi connectivity index (χ4n) is 0.176. The van der Waals surface area contributed by atoms with Crippen molar-refractivity contribution in [2.45, 2.75) is 6.92 Å². The third-order valence-electron chi connectivity index (χ3n) is 0.388. The Morgan fingerprint density at radius 3 is 2.00 bits per heavy atom. The van der Waals surface area contributed by atoms with Crippen molar-refractivity contribution in [2.75, 3.05) is 20.6 Å². The quantitative estimate of drug-likeness (QED) is 0.317. The second kappa shape index (κ2) is 11.4. The number of hydrogen-bond donors (Lipinski definition) is 4. The van der Waals surface area contributed by atoms with E-state index in [9.17, 15) is 0 Å². The maximum Gasteiger partial charge on any atom is 0.178 e. The molecule has 0 amide bonds. The van der Waals surface area contributed by atoms with Crippen LogP contribution in [0.2, 0.25) is 0 Å². The Morgan fingerprint density at radius 1 is 1.50 bits per heavy atom. The van der Waals surface area contributed by atoms with Crippen molar-refractivity contribution in [1.29, 1.82) is 0 Å². The second-order valence-electron chi connectivity index (χ2n) is 1.52. The normalized spacial score (nSPS) is 7.50. The number of rotatable bonds is 2. The molecule has 0 aliphatic heterocycles. The monoisotopic (exact) mass is 164 g/mol. The fourth-order valence-corrected chi connectivity index (χ4v) is 0.248. The lowest BCUT2D eigenvalue weighted by molar-refractivity contribution is 0.687. The second-order valence-corrected chi connectivity index (χ2v) is 1.96. The van der Waals surface area contributed by atoms with Crippen LogP contribution in [0.3, 0.4) is 0 Å². The number of hydrazine groups is 1. The van der Waals surface area contributed by atoms with E-state index in [2.05, 4.69) is 28.4 Å². The lowest BCUT2D eigenvalue weighted by Gasteiger charge is -1.99. The molecule has 10 heavy (non-hydrogen) atoms. The maximum absolute atomic E-state index is 5.04. The maximum atomic E-state index is 5.04. The molecule has 0 spiro atoms. The Kier molecular flexibility index (Phi) is 14.0. The molecule has 0 fully saturated rings. The predicted octanol–water partition coefficient (Wildman–Crippen LogP) is -0.820. The zero-order chi connectivity index (χ0) is 8.41. The molecule has 0 heterocycles. The van der Waals surface area contributed by atoms with Crippen LogP contribution in [0.25, 0.3) is 0 Å². The van der Waals surface area contributed by atoms with Crippen molar-refractivity contribution in [1.82, 2.24) is 16.2 Å². The van der Waals surface area contributed by atoms with Gasteiger partial charge < -0.3 is 11.1 Å². The first-order valence-corrected chi connectivity index (χ1v) is 3.46. The number of nitrogens with one attached hydrogen (secondary N) is 3. The summed E-state index contributed by atoms with van der Waals surface area (Å²) in [5.74, 6) is 0. The van der Waals surface area contributed by atoms with Crippen LogP contribution in [0.15, 0.2) is 0 Å². The van der Waals surface area contributed by atoms with E-state index < -0.39 is 0 Å². The van der Waals surface area contributed by atoms with Crippen molar-refractivity contribution in [2.24, 2.45) is 5.73 Å². The number of nitrogens with two attached hydrogens (primary N) is 1. The van der Waals surface area contributed by atoms with Crippen LogP contribution in [-0.4, -0.2) is 25.8 Å². The lowest BCUT2D eigenvalue weighted by atomic mass is 10.8. The highest BCUT2D eigenvalue weighted by Crippen LogP contribution is 1.49. The summed E-state index contributed by atoms with van der Waals surface area (Å²) in [6, 6.07) is 0. The van der Waals surface area contributed by atoms with E-state index in [0.717, 1.165) is 6.54 Å². The van der Waals surface area contributed by atoms with Gasteiger partial charge in [0.25, 0.3) is 0 Å². The van der Waals surface area contributed by atoms with Gasteiger partial charge in [-0.1, -0.05) is 6.92 Å². The largest absolute Gasteiger partial charge is 0.375 e. The third kappa shape index (κ3) is 25.5. The van der Waals surface area contributed by atoms with Crippen LogP contribution in [0, 0.1) is 0 Å². The standard InChI is InChI=1S/C3H9N3S.C2H7N/c1-2-5-6-3(4)7;1-3-2/h5H,2H2,1H3,(H3,4,6,7);3H,1-2H3. The molecule has 5 heteroatoms. The smallest absolute Gasteiger partial charge is 0.178 e. The molecule has 0 aromatic carbocycles. The lowest BCUT2D eigenvalue weighted by Crippen LogP contribution is -2.40. The molecule has 0 radical (unpaired) electrons. The molecular formula is C5H16N4S. The van der Waals surface area contributed by atoms with E-state index in [0.29, 0.717) is 0 Å². The highest BCUT2D eigenvalue weighted by Gasteiger charge is 1.76. The third-order valence-corrected chi connectivity index (χ3v) is 0.490. The van der Waals surface area contributed by atoms with Crippen LogP contribution in [0.4, 0.5) is 0 Å². The van der Waals surface area contributed by atoms with Gasteiger partial charge in [-0.25, -0.2) is 5.43 Å². The van der Waals surface area contributed by atoms with E-state index in [1.54, 1.807) is 0 Å². The van der Waals surface area contributed by atoms with Gasteiger partial charge in [-0.15, -0.1) is 0 Å². The van der Waals surface area contributed by atoms with E-state index in [-0.39, 0.29) is 5.11 Å². The number of thiocarbonyl (C=S) groups is 1. The minimum atomic E-state index is 0.279. The van der Waals surface area contributed by atoms with Crippen LogP contribution < -0.4 is 21.9 Å². The minimum absolute atomic E-state index is 0.279. The van der Waals surface area contributed by atoms with Gasteiger partial charge >= 0.3 is 0 Å². The average molecular weight is 164 g/mol. The van der Waals surface area contributed by atoms with Crippen LogP contribution in [-0.2, 0) is 0 Å². The highest BCUT2D eigenvalue weighted by atomic mass is 32.1. The molecule has 0 rings (SSSR count). The molecule has 5 N–H and O–H groups in total. The zero-order valence-electron chi connectivity index (χ0n) is 6.69. The molecule has 62 valence electrons. The van der Waals surface area contributed by atoms with E-state index in [1.165, 1.54) is 0 Å². The van der Waals surface area contributed by atoms with Gasteiger partial charge in [0, 0.05) is 6.54 Å². The van der Waals surface area contributed by atoms with Gasteiger partial charge in [-0.3, -0.25) is 5.43 Å². The van der Waals surface area contributed by atoms with Crippen LogP contribution in [0.5, 0.6) is 0 Å². The molecule has 4 nitrogen and oxygen atoms in total. The summed E-state index contributed by atoms with van der Waals surface area (Å²) in [4.78, 5) is 0. The van der Waals surface area contributed by atoms with Crippen molar-refractivity contribution >= 4 is 17.3 Å². The molecule has 0 bridgehead atoms. The Hall–Kier alpha value is -0.390. The summed E-state index contributed by atoms with van der Waals surface area (Å²) in [5.41, 5.74) is 10.3. The Morgan fingerprint density at radius 2 is 1.90 bits per heavy atom. The SMILES string of the molecule is CCNNC(N)=S.CNC. The summed E-state index contributed by atoms with van der Waals surface area (Å²) in [5, 5.41) is 3.03. The first kappa shape index (κ1) is 12.3.